The van der Waals surface area contributed by atoms with Crippen molar-refractivity contribution >= 4 is 17.3 Å². The van der Waals surface area contributed by atoms with Crippen molar-refractivity contribution in [2.45, 2.75) is 0 Å². The first-order valence-corrected chi connectivity index (χ1v) is 4.91. The molecule has 0 spiro atoms. The van der Waals surface area contributed by atoms with Crippen LogP contribution in [0.25, 0.3) is 5.70 Å². The highest BCUT2D eigenvalue weighted by molar-refractivity contribution is 6.25. The van der Waals surface area contributed by atoms with Crippen molar-refractivity contribution in [2.75, 3.05) is 6.61 Å². The minimum atomic E-state index is -0.0912. The van der Waals surface area contributed by atoms with Crippen LogP contribution in [0.4, 0.5) is 0 Å². The molecule has 1 heterocycles. The molecule has 16 heavy (non-hydrogen) atoms. The number of hydrogen-bond acceptors (Lipinski definition) is 4. The van der Waals surface area contributed by atoms with E-state index in [1.54, 1.807) is 13.1 Å². The summed E-state index contributed by atoms with van der Waals surface area (Å²) in [6, 6.07) is 0. The second-order valence-electron chi connectivity index (χ2n) is 3.08. The van der Waals surface area contributed by atoms with E-state index in [2.05, 4.69) is 12.1 Å². The summed E-state index contributed by atoms with van der Waals surface area (Å²) in [4.78, 5) is 4.96. The molecular weight excluding hydrogens is 232 g/mol. The number of aromatic hydroxyl groups is 2. The molecule has 0 bridgehead atoms. The van der Waals surface area contributed by atoms with Gasteiger partial charge in [0.1, 0.15) is 11.3 Å². The summed E-state index contributed by atoms with van der Waals surface area (Å²) in [5.41, 5.74) is 4.28. The van der Waals surface area contributed by atoms with Gasteiger partial charge in [-0.15, -0.1) is 0 Å². The van der Waals surface area contributed by atoms with Crippen molar-refractivity contribution < 1.29 is 15.1 Å². The number of rotatable bonds is 5. The standard InChI is InChI=1S/C10H13ClN2O3/c1-7(12-16-5-3-4-11)9-8(14)6-13(2)10(9)15/h3-4,6,12,14-15H,1,5H2,2H3/b4-3+. The normalized spacial score (nSPS) is 10.9. The molecule has 3 N–H and O–H groups in total. The maximum atomic E-state index is 9.60. The predicted molar refractivity (Wildman–Crippen MR) is 61.9 cm³/mol. The Morgan fingerprint density at radius 2 is 2.38 bits per heavy atom. The fourth-order valence-electron chi connectivity index (χ4n) is 1.15. The molecule has 5 nitrogen and oxygen atoms in total. The molecule has 0 aliphatic heterocycles. The van der Waals surface area contributed by atoms with Crippen molar-refractivity contribution in [1.29, 1.82) is 0 Å². The van der Waals surface area contributed by atoms with Crippen LogP contribution in [-0.4, -0.2) is 21.4 Å². The Balaban J connectivity index is 2.66. The minimum absolute atomic E-state index is 0.0750. The number of nitrogens with zero attached hydrogens (tertiary/aromatic N) is 1. The number of hydroxylamine groups is 1. The Bertz CT molecular complexity index is 412. The van der Waals surface area contributed by atoms with Crippen LogP contribution in [0.5, 0.6) is 11.6 Å². The molecule has 0 aliphatic rings. The van der Waals surface area contributed by atoms with Gasteiger partial charge in [0.2, 0.25) is 5.88 Å². The van der Waals surface area contributed by atoms with E-state index < -0.39 is 0 Å². The van der Waals surface area contributed by atoms with E-state index in [4.69, 9.17) is 16.4 Å². The van der Waals surface area contributed by atoms with E-state index in [0.717, 1.165) is 0 Å². The van der Waals surface area contributed by atoms with E-state index in [1.807, 2.05) is 0 Å². The van der Waals surface area contributed by atoms with E-state index in [0.29, 0.717) is 0 Å². The highest BCUT2D eigenvalue weighted by Crippen LogP contribution is 2.32. The zero-order valence-corrected chi connectivity index (χ0v) is 9.53. The quantitative estimate of drug-likeness (QED) is 0.545. The lowest BCUT2D eigenvalue weighted by Crippen LogP contribution is -2.12. The third-order valence-corrected chi connectivity index (χ3v) is 2.07. The fourth-order valence-corrected chi connectivity index (χ4v) is 1.23. The Morgan fingerprint density at radius 1 is 1.69 bits per heavy atom. The lowest BCUT2D eigenvalue weighted by molar-refractivity contribution is 0.103. The SMILES string of the molecule is C=C(NOC/C=C/Cl)c1c(O)cn(C)c1O. The molecular formula is C10H13ClN2O3. The van der Waals surface area contributed by atoms with E-state index >= 15 is 0 Å². The number of aromatic nitrogens is 1. The van der Waals surface area contributed by atoms with Gasteiger partial charge >= 0.3 is 0 Å². The van der Waals surface area contributed by atoms with Crippen LogP contribution < -0.4 is 5.48 Å². The summed E-state index contributed by atoms with van der Waals surface area (Å²) in [7, 11) is 1.60. The van der Waals surface area contributed by atoms with Crippen LogP contribution in [-0.2, 0) is 11.9 Å². The summed E-state index contributed by atoms with van der Waals surface area (Å²) in [6.07, 6.45) is 2.95. The Hall–Kier alpha value is -1.59. The number of halogens is 1. The van der Waals surface area contributed by atoms with Crippen LogP contribution in [0.3, 0.4) is 0 Å². The van der Waals surface area contributed by atoms with Gasteiger partial charge in [0.25, 0.3) is 0 Å². The third kappa shape index (κ3) is 2.71. The van der Waals surface area contributed by atoms with Gasteiger partial charge in [-0.2, -0.15) is 0 Å². The summed E-state index contributed by atoms with van der Waals surface area (Å²) in [5, 5.41) is 19.1. The van der Waals surface area contributed by atoms with Gasteiger partial charge in [0, 0.05) is 18.8 Å². The first-order valence-electron chi connectivity index (χ1n) is 4.47. The van der Waals surface area contributed by atoms with Crippen LogP contribution in [0, 0.1) is 0 Å². The molecule has 88 valence electrons. The van der Waals surface area contributed by atoms with Gasteiger partial charge in [0.15, 0.2) is 0 Å². The topological polar surface area (TPSA) is 66.6 Å². The monoisotopic (exact) mass is 244 g/mol. The average Bonchev–Trinajstić information content (AvgIpc) is 2.48. The van der Waals surface area contributed by atoms with Crippen molar-refractivity contribution in [3.8, 4) is 11.6 Å². The minimum Gasteiger partial charge on any atom is -0.505 e. The van der Waals surface area contributed by atoms with Crippen LogP contribution in [0.1, 0.15) is 5.56 Å². The first kappa shape index (κ1) is 12.5. The van der Waals surface area contributed by atoms with Gasteiger partial charge in [-0.25, -0.2) is 0 Å². The van der Waals surface area contributed by atoms with Crippen LogP contribution in [0.2, 0.25) is 0 Å². The van der Waals surface area contributed by atoms with Gasteiger partial charge < -0.3 is 14.8 Å². The third-order valence-electron chi connectivity index (χ3n) is 1.90. The highest BCUT2D eigenvalue weighted by atomic mass is 35.5. The molecule has 0 aromatic carbocycles. The molecule has 6 heteroatoms. The van der Waals surface area contributed by atoms with Crippen molar-refractivity contribution in [3.63, 3.8) is 0 Å². The molecule has 0 unspecified atom stereocenters. The predicted octanol–water partition coefficient (Wildman–Crippen LogP) is 1.68. The van der Waals surface area contributed by atoms with Crippen molar-refractivity contribution in [1.82, 2.24) is 10.0 Å². The maximum absolute atomic E-state index is 9.60. The molecule has 0 aliphatic carbocycles. The molecule has 0 atom stereocenters. The van der Waals surface area contributed by atoms with Gasteiger partial charge in [-0.1, -0.05) is 18.2 Å². The zero-order valence-electron chi connectivity index (χ0n) is 8.77. The first-order chi connectivity index (χ1) is 7.57. The molecule has 0 saturated carbocycles. The maximum Gasteiger partial charge on any atom is 0.204 e. The Kier molecular flexibility index (Phi) is 4.28. The van der Waals surface area contributed by atoms with Crippen molar-refractivity contribution in [3.05, 3.63) is 30.0 Å². The van der Waals surface area contributed by atoms with E-state index in [-0.39, 0.29) is 29.5 Å². The molecule has 0 amide bonds. The van der Waals surface area contributed by atoms with Crippen LogP contribution in [0.15, 0.2) is 24.4 Å². The number of nitrogens with one attached hydrogen (secondary N) is 1. The lowest BCUT2D eigenvalue weighted by atomic mass is 10.2. The largest absolute Gasteiger partial charge is 0.505 e. The highest BCUT2D eigenvalue weighted by Gasteiger charge is 2.15. The molecule has 0 fully saturated rings. The van der Waals surface area contributed by atoms with E-state index in [9.17, 15) is 10.2 Å². The summed E-state index contributed by atoms with van der Waals surface area (Å²) >= 11 is 5.29. The lowest BCUT2D eigenvalue weighted by Gasteiger charge is -2.08. The molecule has 0 saturated heterocycles. The zero-order chi connectivity index (χ0) is 12.1. The number of hydrogen-bond donors (Lipinski definition) is 3. The second kappa shape index (κ2) is 5.48. The molecule has 1 aromatic heterocycles. The molecule has 0 radical (unpaired) electrons. The Labute approximate surface area is 98.2 Å². The summed E-state index contributed by atoms with van der Waals surface area (Å²) < 4.78 is 1.37. The van der Waals surface area contributed by atoms with Crippen molar-refractivity contribution in [2.24, 2.45) is 7.05 Å². The van der Waals surface area contributed by atoms with Crippen LogP contribution >= 0.6 is 11.6 Å². The summed E-state index contributed by atoms with van der Waals surface area (Å²) in [6.45, 7) is 3.88. The second-order valence-corrected chi connectivity index (χ2v) is 3.33. The molecule has 1 rings (SSSR count). The average molecular weight is 245 g/mol. The molecule has 1 aromatic rings. The number of aryl methyl sites for hydroxylation is 1. The van der Waals surface area contributed by atoms with Gasteiger partial charge in [-0.05, 0) is 6.08 Å². The Morgan fingerprint density at radius 3 is 2.88 bits per heavy atom. The fraction of sp³-hybridized carbons (Fsp3) is 0.200. The summed E-state index contributed by atoms with van der Waals surface area (Å²) in [5.74, 6) is -0.166. The van der Waals surface area contributed by atoms with Gasteiger partial charge in [0.05, 0.1) is 12.3 Å². The van der Waals surface area contributed by atoms with E-state index in [1.165, 1.54) is 16.3 Å². The smallest absolute Gasteiger partial charge is 0.204 e. The van der Waals surface area contributed by atoms with Gasteiger partial charge in [-0.3, -0.25) is 10.3 Å².